The van der Waals surface area contributed by atoms with Crippen LogP contribution in [0.5, 0.6) is 0 Å². The highest BCUT2D eigenvalue weighted by Gasteiger charge is 2.12. The molecule has 0 aliphatic rings. The Hall–Kier alpha value is -1.87. The summed E-state index contributed by atoms with van der Waals surface area (Å²) in [7, 11) is 0. The van der Waals surface area contributed by atoms with Crippen LogP contribution in [0.3, 0.4) is 0 Å². The highest BCUT2D eigenvalue weighted by molar-refractivity contribution is 14.0. The monoisotopic (exact) mass is 474 g/mol. The second-order valence-corrected chi connectivity index (χ2v) is 5.50. The minimum absolute atomic E-state index is 0. The summed E-state index contributed by atoms with van der Waals surface area (Å²) in [6.07, 6.45) is 0. The standard InChI is InChI=1S/C17H19ClN4O2.HI/c1-2-19-17(20-11-13-7-9-15(18)10-8-13)21-12-14-5-3-4-6-16(14)22(23)24;/h3-10H,2,11-12H2,1H3,(H2,19,20,21);1H. The van der Waals surface area contributed by atoms with Crippen molar-refractivity contribution < 1.29 is 4.92 Å². The van der Waals surface area contributed by atoms with Crippen LogP contribution in [0.4, 0.5) is 5.69 Å². The smallest absolute Gasteiger partial charge is 0.274 e. The van der Waals surface area contributed by atoms with Gasteiger partial charge < -0.3 is 10.6 Å². The van der Waals surface area contributed by atoms with Gasteiger partial charge in [-0.25, -0.2) is 4.99 Å². The molecule has 25 heavy (non-hydrogen) atoms. The average molecular weight is 475 g/mol. The predicted octanol–water partition coefficient (Wildman–Crippen LogP) is 4.12. The van der Waals surface area contributed by atoms with Crippen molar-refractivity contribution in [2.24, 2.45) is 4.99 Å². The molecule has 0 unspecified atom stereocenters. The number of hydrogen-bond acceptors (Lipinski definition) is 3. The zero-order valence-corrected chi connectivity index (χ0v) is 16.8. The number of nitro groups is 1. The molecule has 0 fully saturated rings. The molecule has 0 radical (unpaired) electrons. The largest absolute Gasteiger partial charge is 0.357 e. The molecule has 2 aromatic carbocycles. The number of benzene rings is 2. The van der Waals surface area contributed by atoms with Crippen LogP contribution in [0.25, 0.3) is 0 Å². The average Bonchev–Trinajstić information content (AvgIpc) is 2.59. The Balaban J connectivity index is 0.00000312. The summed E-state index contributed by atoms with van der Waals surface area (Å²) in [6.45, 7) is 3.47. The van der Waals surface area contributed by atoms with Gasteiger partial charge in [0.05, 0.1) is 11.5 Å². The minimum Gasteiger partial charge on any atom is -0.357 e. The molecule has 0 spiro atoms. The second-order valence-electron chi connectivity index (χ2n) is 5.06. The number of rotatable bonds is 6. The molecule has 0 saturated heterocycles. The highest BCUT2D eigenvalue weighted by Crippen LogP contribution is 2.17. The first-order valence-electron chi connectivity index (χ1n) is 7.59. The number of aliphatic imine (C=N–C) groups is 1. The van der Waals surface area contributed by atoms with Crippen LogP contribution < -0.4 is 10.6 Å². The van der Waals surface area contributed by atoms with Crippen molar-refractivity contribution >= 4 is 47.2 Å². The third-order valence-corrected chi connectivity index (χ3v) is 3.56. The van der Waals surface area contributed by atoms with Crippen LogP contribution in [-0.4, -0.2) is 17.4 Å². The summed E-state index contributed by atoms with van der Waals surface area (Å²) in [4.78, 5) is 15.2. The van der Waals surface area contributed by atoms with Gasteiger partial charge in [0.2, 0.25) is 0 Å². The van der Waals surface area contributed by atoms with E-state index in [1.54, 1.807) is 18.2 Å². The molecule has 0 aromatic heterocycles. The fourth-order valence-corrected chi connectivity index (χ4v) is 2.25. The van der Waals surface area contributed by atoms with Gasteiger partial charge >= 0.3 is 0 Å². The molecule has 0 bridgehead atoms. The normalized spacial score (nSPS) is 10.7. The number of halogens is 2. The highest BCUT2D eigenvalue weighted by atomic mass is 127. The van der Waals surface area contributed by atoms with Crippen molar-refractivity contribution in [2.75, 3.05) is 6.54 Å². The lowest BCUT2D eigenvalue weighted by Gasteiger charge is -2.11. The van der Waals surface area contributed by atoms with E-state index in [4.69, 9.17) is 11.6 Å². The maximum atomic E-state index is 11.1. The summed E-state index contributed by atoms with van der Waals surface area (Å²) < 4.78 is 0. The lowest BCUT2D eigenvalue weighted by Crippen LogP contribution is -2.36. The number of para-hydroxylation sites is 1. The predicted molar refractivity (Wildman–Crippen MR) is 112 cm³/mol. The summed E-state index contributed by atoms with van der Waals surface area (Å²) in [5.74, 6) is 0.602. The Bertz CT molecular complexity index is 723. The maximum absolute atomic E-state index is 11.1. The Kier molecular flexibility index (Phi) is 9.22. The molecular formula is C17H20ClIN4O2. The molecule has 6 nitrogen and oxygen atoms in total. The van der Waals surface area contributed by atoms with Crippen molar-refractivity contribution in [3.8, 4) is 0 Å². The number of nitro benzene ring substituents is 1. The van der Waals surface area contributed by atoms with E-state index in [9.17, 15) is 10.1 Å². The number of nitrogens with zero attached hydrogens (tertiary/aromatic N) is 2. The quantitative estimate of drug-likeness (QED) is 0.217. The van der Waals surface area contributed by atoms with E-state index in [-0.39, 0.29) is 34.6 Å². The van der Waals surface area contributed by atoms with Crippen molar-refractivity contribution in [3.63, 3.8) is 0 Å². The second kappa shape index (κ2) is 10.9. The Morgan fingerprint density at radius 3 is 2.48 bits per heavy atom. The summed E-state index contributed by atoms with van der Waals surface area (Å²) >= 11 is 5.87. The van der Waals surface area contributed by atoms with E-state index < -0.39 is 0 Å². The molecule has 2 rings (SSSR count). The van der Waals surface area contributed by atoms with Gasteiger partial charge in [-0.3, -0.25) is 10.1 Å². The van der Waals surface area contributed by atoms with E-state index in [1.165, 1.54) is 6.07 Å². The van der Waals surface area contributed by atoms with Gasteiger partial charge in [0.15, 0.2) is 5.96 Å². The van der Waals surface area contributed by atoms with E-state index >= 15 is 0 Å². The van der Waals surface area contributed by atoms with Gasteiger partial charge in [-0.2, -0.15) is 0 Å². The Labute approximate surface area is 168 Å². The number of guanidine groups is 1. The van der Waals surface area contributed by atoms with Crippen LogP contribution in [-0.2, 0) is 13.1 Å². The minimum atomic E-state index is -0.380. The van der Waals surface area contributed by atoms with Crippen LogP contribution in [0.15, 0.2) is 53.5 Å². The SMILES string of the molecule is CCNC(=NCc1ccc(Cl)cc1)NCc1ccccc1[N+](=O)[O-].I. The Morgan fingerprint density at radius 2 is 1.84 bits per heavy atom. The van der Waals surface area contributed by atoms with Crippen LogP contribution in [0.1, 0.15) is 18.1 Å². The zero-order valence-electron chi connectivity index (χ0n) is 13.7. The first-order chi connectivity index (χ1) is 11.6. The lowest BCUT2D eigenvalue weighted by molar-refractivity contribution is -0.385. The fourth-order valence-electron chi connectivity index (χ4n) is 2.12. The van der Waals surface area contributed by atoms with Crippen molar-refractivity contribution in [2.45, 2.75) is 20.0 Å². The molecule has 0 aliphatic carbocycles. The van der Waals surface area contributed by atoms with Gasteiger partial charge in [-0.05, 0) is 24.6 Å². The van der Waals surface area contributed by atoms with E-state index in [2.05, 4.69) is 15.6 Å². The van der Waals surface area contributed by atoms with Gasteiger partial charge in [-0.15, -0.1) is 24.0 Å². The molecule has 0 aliphatic heterocycles. The lowest BCUT2D eigenvalue weighted by atomic mass is 10.2. The molecule has 0 heterocycles. The molecule has 2 N–H and O–H groups in total. The maximum Gasteiger partial charge on any atom is 0.274 e. The van der Waals surface area contributed by atoms with Crippen LogP contribution in [0, 0.1) is 10.1 Å². The Morgan fingerprint density at radius 1 is 1.16 bits per heavy atom. The van der Waals surface area contributed by atoms with E-state index in [1.807, 2.05) is 31.2 Å². The first kappa shape index (κ1) is 21.2. The van der Waals surface area contributed by atoms with Gasteiger partial charge in [0, 0.05) is 29.7 Å². The molecule has 0 saturated carbocycles. The van der Waals surface area contributed by atoms with Gasteiger partial charge in [0.1, 0.15) is 0 Å². The van der Waals surface area contributed by atoms with Crippen molar-refractivity contribution in [1.29, 1.82) is 0 Å². The van der Waals surface area contributed by atoms with E-state index in [0.29, 0.717) is 36.2 Å². The molecule has 134 valence electrons. The third-order valence-electron chi connectivity index (χ3n) is 3.31. The van der Waals surface area contributed by atoms with Crippen LogP contribution >= 0.6 is 35.6 Å². The van der Waals surface area contributed by atoms with Crippen molar-refractivity contribution in [3.05, 3.63) is 74.8 Å². The molecule has 0 amide bonds. The summed E-state index contributed by atoms with van der Waals surface area (Å²) in [5, 5.41) is 18.0. The van der Waals surface area contributed by atoms with Crippen LogP contribution in [0.2, 0.25) is 5.02 Å². The molecule has 2 aromatic rings. The number of hydrogen-bond donors (Lipinski definition) is 2. The summed E-state index contributed by atoms with van der Waals surface area (Å²) in [6, 6.07) is 14.1. The first-order valence-corrected chi connectivity index (χ1v) is 7.97. The van der Waals surface area contributed by atoms with Gasteiger partial charge in [0.25, 0.3) is 5.69 Å². The molecular weight excluding hydrogens is 455 g/mol. The summed E-state index contributed by atoms with van der Waals surface area (Å²) in [5.41, 5.74) is 1.74. The van der Waals surface area contributed by atoms with Gasteiger partial charge in [-0.1, -0.05) is 41.9 Å². The topological polar surface area (TPSA) is 79.6 Å². The molecule has 0 atom stereocenters. The van der Waals surface area contributed by atoms with E-state index in [0.717, 1.165) is 5.56 Å². The molecule has 8 heteroatoms. The number of nitrogens with one attached hydrogen (secondary N) is 2. The van der Waals surface area contributed by atoms with Crippen molar-refractivity contribution in [1.82, 2.24) is 10.6 Å². The third kappa shape index (κ3) is 6.87. The zero-order chi connectivity index (χ0) is 17.4. The fraction of sp³-hybridized carbons (Fsp3) is 0.235.